The van der Waals surface area contributed by atoms with Crippen LogP contribution in [0.25, 0.3) is 0 Å². The Morgan fingerprint density at radius 2 is 1.67 bits per heavy atom. The van der Waals surface area contributed by atoms with E-state index in [0.29, 0.717) is 24.3 Å². The van der Waals surface area contributed by atoms with E-state index in [0.717, 1.165) is 25.6 Å². The Bertz CT molecular complexity index is 230. The van der Waals surface area contributed by atoms with Gasteiger partial charge in [0.1, 0.15) is 0 Å². The molecule has 0 spiro atoms. The van der Waals surface area contributed by atoms with Crippen LogP contribution in [0.2, 0.25) is 0 Å². The Hall–Kier alpha value is -0.120. The average Bonchev–Trinajstić information content (AvgIpc) is 2.85. The monoisotopic (exact) mass is 211 g/mol. The van der Waals surface area contributed by atoms with Gasteiger partial charge in [0.15, 0.2) is 0 Å². The van der Waals surface area contributed by atoms with Gasteiger partial charge in [-0.15, -0.1) is 0 Å². The van der Waals surface area contributed by atoms with Crippen molar-refractivity contribution in [3.05, 3.63) is 0 Å². The average molecular weight is 211 g/mol. The lowest BCUT2D eigenvalue weighted by molar-refractivity contribution is 0.0721. The van der Waals surface area contributed by atoms with Crippen molar-refractivity contribution in [1.29, 1.82) is 0 Å². The number of hydrogen-bond donors (Lipinski definition) is 1. The highest BCUT2D eigenvalue weighted by Crippen LogP contribution is 2.39. The second kappa shape index (κ2) is 4.04. The van der Waals surface area contributed by atoms with E-state index < -0.39 is 0 Å². The Morgan fingerprint density at radius 3 is 2.33 bits per heavy atom. The van der Waals surface area contributed by atoms with Gasteiger partial charge in [-0.1, -0.05) is 0 Å². The third-order valence-electron chi connectivity index (χ3n) is 4.03. The molecule has 1 N–H and O–H groups in total. The Balaban J connectivity index is 1.56. The zero-order valence-electron chi connectivity index (χ0n) is 9.45. The summed E-state index contributed by atoms with van der Waals surface area (Å²) in [6, 6.07) is 1.14. The molecule has 0 aromatic heterocycles. The molecule has 0 bridgehead atoms. The topological polar surface area (TPSA) is 30.5 Å². The molecule has 2 aliphatic heterocycles. The highest BCUT2D eigenvalue weighted by molar-refractivity contribution is 4.96. The van der Waals surface area contributed by atoms with Crippen molar-refractivity contribution in [2.24, 2.45) is 5.92 Å². The summed E-state index contributed by atoms with van der Waals surface area (Å²) in [4.78, 5) is 0. The van der Waals surface area contributed by atoms with E-state index in [2.05, 4.69) is 12.2 Å². The summed E-state index contributed by atoms with van der Waals surface area (Å²) in [5, 5.41) is 3.75. The fourth-order valence-electron chi connectivity index (χ4n) is 2.90. The number of rotatable bonds is 3. The summed E-state index contributed by atoms with van der Waals surface area (Å²) in [5.41, 5.74) is 0. The first kappa shape index (κ1) is 10.1. The maximum absolute atomic E-state index is 5.83. The third kappa shape index (κ3) is 2.05. The van der Waals surface area contributed by atoms with Crippen LogP contribution in [-0.2, 0) is 9.47 Å². The fourth-order valence-corrected chi connectivity index (χ4v) is 2.90. The summed E-state index contributed by atoms with van der Waals surface area (Å²) in [7, 11) is 0. The standard InChI is InChI=1S/C12H21NO2/c1-8-10(4-6-14-8)13-11-5-7-15-12(11)9-2-3-9/h8-13H,2-7H2,1H3. The van der Waals surface area contributed by atoms with E-state index >= 15 is 0 Å². The minimum absolute atomic E-state index is 0.380. The lowest BCUT2D eigenvalue weighted by Crippen LogP contribution is -2.46. The fraction of sp³-hybridized carbons (Fsp3) is 1.00. The first-order chi connectivity index (χ1) is 7.34. The Kier molecular flexibility index (Phi) is 2.71. The first-order valence-corrected chi connectivity index (χ1v) is 6.34. The zero-order valence-corrected chi connectivity index (χ0v) is 9.45. The molecule has 3 rings (SSSR count). The molecule has 2 saturated heterocycles. The van der Waals surface area contributed by atoms with Gasteiger partial charge in [-0.05, 0) is 38.5 Å². The van der Waals surface area contributed by atoms with E-state index in [1.165, 1.54) is 19.3 Å². The highest BCUT2D eigenvalue weighted by Gasteiger charge is 2.42. The second-order valence-electron chi connectivity index (χ2n) is 5.21. The molecule has 3 heteroatoms. The summed E-state index contributed by atoms with van der Waals surface area (Å²) in [6.45, 7) is 4.04. The van der Waals surface area contributed by atoms with Crippen molar-refractivity contribution in [3.63, 3.8) is 0 Å². The van der Waals surface area contributed by atoms with Crippen LogP contribution in [0.3, 0.4) is 0 Å². The molecule has 3 fully saturated rings. The van der Waals surface area contributed by atoms with E-state index in [-0.39, 0.29) is 0 Å². The molecule has 15 heavy (non-hydrogen) atoms. The predicted octanol–water partition coefficient (Wildman–Crippen LogP) is 1.32. The van der Waals surface area contributed by atoms with Crippen LogP contribution in [0.4, 0.5) is 0 Å². The quantitative estimate of drug-likeness (QED) is 0.763. The minimum Gasteiger partial charge on any atom is -0.377 e. The maximum Gasteiger partial charge on any atom is 0.0757 e. The molecule has 86 valence electrons. The number of hydrogen-bond acceptors (Lipinski definition) is 3. The van der Waals surface area contributed by atoms with Gasteiger partial charge >= 0.3 is 0 Å². The van der Waals surface area contributed by atoms with Crippen molar-refractivity contribution >= 4 is 0 Å². The van der Waals surface area contributed by atoms with Crippen LogP contribution in [0.5, 0.6) is 0 Å². The number of ether oxygens (including phenoxy) is 2. The Morgan fingerprint density at radius 1 is 0.933 bits per heavy atom. The van der Waals surface area contributed by atoms with Gasteiger partial charge in [0.25, 0.3) is 0 Å². The van der Waals surface area contributed by atoms with E-state index in [9.17, 15) is 0 Å². The number of nitrogens with one attached hydrogen (secondary N) is 1. The Labute approximate surface area is 91.5 Å². The predicted molar refractivity (Wildman–Crippen MR) is 57.8 cm³/mol. The molecule has 3 nitrogen and oxygen atoms in total. The van der Waals surface area contributed by atoms with Crippen LogP contribution >= 0.6 is 0 Å². The van der Waals surface area contributed by atoms with Gasteiger partial charge in [0.2, 0.25) is 0 Å². The maximum atomic E-state index is 5.83. The SMILES string of the molecule is CC1OCCC1NC1CCOC1C1CC1. The van der Waals surface area contributed by atoms with Crippen molar-refractivity contribution < 1.29 is 9.47 Å². The normalized spacial score (nSPS) is 46.2. The van der Waals surface area contributed by atoms with Gasteiger partial charge in [-0.25, -0.2) is 0 Å². The van der Waals surface area contributed by atoms with Crippen LogP contribution < -0.4 is 5.32 Å². The lowest BCUT2D eigenvalue weighted by atomic mass is 10.0. The minimum atomic E-state index is 0.380. The molecule has 2 heterocycles. The zero-order chi connectivity index (χ0) is 10.3. The van der Waals surface area contributed by atoms with Crippen molar-refractivity contribution in [2.75, 3.05) is 13.2 Å². The van der Waals surface area contributed by atoms with E-state index in [4.69, 9.17) is 9.47 Å². The molecule has 0 aromatic carbocycles. The molecule has 3 aliphatic rings. The molecule has 0 aromatic rings. The molecule has 4 atom stereocenters. The third-order valence-corrected chi connectivity index (χ3v) is 4.03. The van der Waals surface area contributed by atoms with E-state index in [1.54, 1.807) is 0 Å². The van der Waals surface area contributed by atoms with Gasteiger partial charge in [0, 0.05) is 25.3 Å². The summed E-state index contributed by atoms with van der Waals surface area (Å²) in [6.07, 6.45) is 5.97. The second-order valence-corrected chi connectivity index (χ2v) is 5.21. The van der Waals surface area contributed by atoms with Gasteiger partial charge in [-0.3, -0.25) is 0 Å². The van der Waals surface area contributed by atoms with Crippen molar-refractivity contribution in [2.45, 2.75) is 56.9 Å². The van der Waals surface area contributed by atoms with Crippen molar-refractivity contribution in [1.82, 2.24) is 5.32 Å². The molecule has 0 radical (unpaired) electrons. The van der Waals surface area contributed by atoms with Crippen LogP contribution in [0.1, 0.15) is 32.6 Å². The molecule has 1 aliphatic carbocycles. The summed E-state index contributed by atoms with van der Waals surface area (Å²) < 4.78 is 11.4. The van der Waals surface area contributed by atoms with Crippen LogP contribution in [0, 0.1) is 5.92 Å². The van der Waals surface area contributed by atoms with E-state index in [1.807, 2.05) is 0 Å². The molecular weight excluding hydrogens is 190 g/mol. The summed E-state index contributed by atoms with van der Waals surface area (Å²) in [5.74, 6) is 0.850. The van der Waals surface area contributed by atoms with Crippen LogP contribution in [-0.4, -0.2) is 37.5 Å². The molecule has 0 amide bonds. The summed E-state index contributed by atoms with van der Waals surface area (Å²) >= 11 is 0. The smallest absolute Gasteiger partial charge is 0.0757 e. The lowest BCUT2D eigenvalue weighted by Gasteiger charge is -2.25. The van der Waals surface area contributed by atoms with Gasteiger partial charge in [0.05, 0.1) is 12.2 Å². The largest absolute Gasteiger partial charge is 0.377 e. The molecule has 1 saturated carbocycles. The first-order valence-electron chi connectivity index (χ1n) is 6.34. The molecular formula is C12H21NO2. The highest BCUT2D eigenvalue weighted by atomic mass is 16.5. The van der Waals surface area contributed by atoms with Crippen LogP contribution in [0.15, 0.2) is 0 Å². The molecule has 4 unspecified atom stereocenters. The van der Waals surface area contributed by atoms with Crippen molar-refractivity contribution in [3.8, 4) is 0 Å². The van der Waals surface area contributed by atoms with Gasteiger partial charge in [-0.2, -0.15) is 0 Å². The van der Waals surface area contributed by atoms with Gasteiger partial charge < -0.3 is 14.8 Å².